The molecule has 0 radical (unpaired) electrons. The number of ether oxygens (including phenoxy) is 1. The van der Waals surface area contributed by atoms with Crippen LogP contribution in [0.15, 0.2) is 0 Å². The van der Waals surface area contributed by atoms with Gasteiger partial charge in [0.1, 0.15) is 0 Å². The van der Waals surface area contributed by atoms with Gasteiger partial charge in [-0.15, -0.1) is 0 Å². The highest BCUT2D eigenvalue weighted by Crippen LogP contribution is 2.33. The number of nitrogens with zero attached hydrogens (tertiary/aromatic N) is 3. The number of hydrogen-bond acceptors (Lipinski definition) is 6. The van der Waals surface area contributed by atoms with Crippen LogP contribution in [0.1, 0.15) is 48.3 Å². The molecule has 1 aliphatic heterocycles. The van der Waals surface area contributed by atoms with Crippen LogP contribution >= 0.6 is 11.7 Å². The van der Waals surface area contributed by atoms with Crippen molar-refractivity contribution in [1.82, 2.24) is 19.0 Å². The van der Waals surface area contributed by atoms with Gasteiger partial charge in [-0.05, 0) is 19.8 Å². The molecule has 2 heterocycles. The van der Waals surface area contributed by atoms with Gasteiger partial charge in [-0.25, -0.2) is 0 Å². The molecule has 7 heteroatoms. The van der Waals surface area contributed by atoms with Gasteiger partial charge in [-0.1, -0.05) is 19.3 Å². The van der Waals surface area contributed by atoms with Gasteiger partial charge in [0.25, 0.3) is 5.91 Å². The van der Waals surface area contributed by atoms with E-state index in [1.54, 1.807) is 0 Å². The molecule has 122 valence electrons. The third-order valence-electron chi connectivity index (χ3n) is 4.91. The van der Waals surface area contributed by atoms with Crippen LogP contribution < -0.4 is 5.32 Å². The molecule has 1 saturated carbocycles. The normalized spacial score (nSPS) is 22.4. The summed E-state index contributed by atoms with van der Waals surface area (Å²) in [6.45, 7) is 6.05. The Morgan fingerprint density at radius 1 is 1.27 bits per heavy atom. The second-order valence-corrected chi connectivity index (χ2v) is 6.79. The fraction of sp³-hybridized carbons (Fsp3) is 0.800. The number of rotatable bonds is 4. The first-order valence-corrected chi connectivity index (χ1v) is 8.84. The van der Waals surface area contributed by atoms with Gasteiger partial charge in [0.05, 0.1) is 30.6 Å². The zero-order chi connectivity index (χ0) is 15.4. The van der Waals surface area contributed by atoms with Crippen LogP contribution in [0, 0.1) is 6.92 Å². The van der Waals surface area contributed by atoms with Gasteiger partial charge in [0.15, 0.2) is 5.69 Å². The minimum absolute atomic E-state index is 0.0923. The number of carbonyl (C=O) groups is 1. The summed E-state index contributed by atoms with van der Waals surface area (Å²) in [5, 5.41) is 3.12. The van der Waals surface area contributed by atoms with E-state index >= 15 is 0 Å². The van der Waals surface area contributed by atoms with Gasteiger partial charge in [0.2, 0.25) is 0 Å². The minimum atomic E-state index is -0.0931. The molecule has 0 aromatic carbocycles. The summed E-state index contributed by atoms with van der Waals surface area (Å²) < 4.78 is 13.7. The van der Waals surface area contributed by atoms with Gasteiger partial charge in [-0.2, -0.15) is 8.75 Å². The summed E-state index contributed by atoms with van der Waals surface area (Å²) in [5.41, 5.74) is 1.28. The Hall–Kier alpha value is -1.05. The maximum absolute atomic E-state index is 12.3. The summed E-state index contributed by atoms with van der Waals surface area (Å²) in [4.78, 5) is 14.9. The lowest BCUT2D eigenvalue weighted by Gasteiger charge is -2.48. The molecule has 2 aliphatic rings. The molecule has 1 aromatic rings. The number of amides is 1. The van der Waals surface area contributed by atoms with Crippen molar-refractivity contribution in [3.8, 4) is 0 Å². The standard InChI is InChI=1S/C15H24N4O2S/c1-12-13(18-22-17-12)14(20)16-11-15(5-3-2-4-6-15)19-7-9-21-10-8-19/h2-11H2,1H3,(H,16,20). The van der Waals surface area contributed by atoms with E-state index in [1.165, 1.54) is 19.3 Å². The molecule has 0 unspecified atom stereocenters. The average Bonchev–Trinajstić information content (AvgIpc) is 3.00. The quantitative estimate of drug-likeness (QED) is 0.911. The lowest BCUT2D eigenvalue weighted by molar-refractivity contribution is -0.0361. The molecule has 0 atom stereocenters. The van der Waals surface area contributed by atoms with E-state index in [0.717, 1.165) is 50.9 Å². The molecule has 1 amide bonds. The molecule has 0 bridgehead atoms. The van der Waals surface area contributed by atoms with Crippen LogP contribution in [0.5, 0.6) is 0 Å². The van der Waals surface area contributed by atoms with Crippen molar-refractivity contribution < 1.29 is 9.53 Å². The molecule has 0 spiro atoms. The van der Waals surface area contributed by atoms with Crippen LogP contribution in [0.3, 0.4) is 0 Å². The summed E-state index contributed by atoms with van der Waals surface area (Å²) >= 11 is 1.10. The summed E-state index contributed by atoms with van der Waals surface area (Å²) in [5.74, 6) is -0.0931. The largest absolute Gasteiger partial charge is 0.379 e. The van der Waals surface area contributed by atoms with Crippen molar-refractivity contribution >= 4 is 17.6 Å². The summed E-state index contributed by atoms with van der Waals surface area (Å²) in [6, 6.07) is 0. The fourth-order valence-electron chi connectivity index (χ4n) is 3.62. The second-order valence-electron chi connectivity index (χ2n) is 6.27. The number of hydrogen-bond donors (Lipinski definition) is 1. The molecule has 1 aromatic heterocycles. The third kappa shape index (κ3) is 3.31. The smallest absolute Gasteiger partial charge is 0.273 e. The first kappa shape index (κ1) is 15.8. The summed E-state index contributed by atoms with van der Waals surface area (Å²) in [7, 11) is 0. The molecule has 6 nitrogen and oxygen atoms in total. The number of carbonyl (C=O) groups excluding carboxylic acids is 1. The number of aryl methyl sites for hydroxylation is 1. The Bertz CT molecular complexity index is 507. The van der Waals surface area contributed by atoms with Crippen molar-refractivity contribution in [2.75, 3.05) is 32.8 Å². The van der Waals surface area contributed by atoms with Gasteiger partial charge in [-0.3, -0.25) is 9.69 Å². The highest BCUT2D eigenvalue weighted by molar-refractivity contribution is 6.99. The Labute approximate surface area is 135 Å². The van der Waals surface area contributed by atoms with Crippen molar-refractivity contribution in [3.05, 3.63) is 11.4 Å². The number of aromatic nitrogens is 2. The summed E-state index contributed by atoms with van der Waals surface area (Å²) in [6.07, 6.45) is 6.09. The maximum Gasteiger partial charge on any atom is 0.273 e. The zero-order valence-electron chi connectivity index (χ0n) is 13.1. The molecule has 1 N–H and O–H groups in total. The number of nitrogens with one attached hydrogen (secondary N) is 1. The minimum Gasteiger partial charge on any atom is -0.379 e. The lowest BCUT2D eigenvalue weighted by Crippen LogP contribution is -2.59. The molecule has 1 saturated heterocycles. The van der Waals surface area contributed by atoms with Crippen LogP contribution in [0.2, 0.25) is 0 Å². The van der Waals surface area contributed by atoms with Crippen LogP contribution in [-0.2, 0) is 4.74 Å². The monoisotopic (exact) mass is 324 g/mol. The Balaban J connectivity index is 1.67. The van der Waals surface area contributed by atoms with E-state index in [2.05, 4.69) is 19.0 Å². The van der Waals surface area contributed by atoms with Crippen LogP contribution in [-0.4, -0.2) is 57.9 Å². The lowest BCUT2D eigenvalue weighted by atomic mass is 9.79. The number of morpholine rings is 1. The van der Waals surface area contributed by atoms with E-state index in [4.69, 9.17) is 4.74 Å². The molecular formula is C15H24N4O2S. The van der Waals surface area contributed by atoms with Gasteiger partial charge in [0, 0.05) is 25.2 Å². The van der Waals surface area contributed by atoms with Gasteiger partial charge >= 0.3 is 0 Å². The van der Waals surface area contributed by atoms with E-state index in [0.29, 0.717) is 17.9 Å². The van der Waals surface area contributed by atoms with E-state index in [9.17, 15) is 4.79 Å². The molecule has 3 rings (SSSR count). The zero-order valence-corrected chi connectivity index (χ0v) is 14.0. The third-order valence-corrected chi connectivity index (χ3v) is 5.53. The average molecular weight is 324 g/mol. The first-order valence-electron chi connectivity index (χ1n) is 8.11. The predicted octanol–water partition coefficient (Wildman–Crippen LogP) is 1.61. The van der Waals surface area contributed by atoms with E-state index in [1.807, 2.05) is 6.92 Å². The van der Waals surface area contributed by atoms with Crippen molar-refractivity contribution in [3.63, 3.8) is 0 Å². The molecule has 1 aliphatic carbocycles. The Morgan fingerprint density at radius 3 is 2.64 bits per heavy atom. The SMILES string of the molecule is Cc1nsnc1C(=O)NCC1(N2CCOCC2)CCCCC1. The highest BCUT2D eigenvalue weighted by atomic mass is 32.1. The molecule has 2 fully saturated rings. The van der Waals surface area contributed by atoms with Crippen LogP contribution in [0.25, 0.3) is 0 Å². The van der Waals surface area contributed by atoms with E-state index < -0.39 is 0 Å². The maximum atomic E-state index is 12.3. The van der Waals surface area contributed by atoms with Crippen molar-refractivity contribution in [2.24, 2.45) is 0 Å². The Morgan fingerprint density at radius 2 is 2.00 bits per heavy atom. The van der Waals surface area contributed by atoms with E-state index in [-0.39, 0.29) is 11.4 Å². The van der Waals surface area contributed by atoms with Crippen LogP contribution in [0.4, 0.5) is 0 Å². The molecular weight excluding hydrogens is 300 g/mol. The van der Waals surface area contributed by atoms with Crippen molar-refractivity contribution in [1.29, 1.82) is 0 Å². The molecule has 22 heavy (non-hydrogen) atoms. The predicted molar refractivity (Wildman–Crippen MR) is 85.2 cm³/mol. The van der Waals surface area contributed by atoms with Gasteiger partial charge < -0.3 is 10.1 Å². The van der Waals surface area contributed by atoms with Crippen molar-refractivity contribution in [2.45, 2.75) is 44.6 Å². The fourth-order valence-corrected chi connectivity index (χ4v) is 4.16. The highest BCUT2D eigenvalue weighted by Gasteiger charge is 2.39. The Kier molecular flexibility index (Phi) is 5.05. The second kappa shape index (κ2) is 7.02. The topological polar surface area (TPSA) is 67.4 Å². The first-order chi connectivity index (χ1) is 10.7.